The molecule has 0 aliphatic rings. The molecule has 20 heavy (non-hydrogen) atoms. The number of nitrogens with zero attached hydrogens (tertiary/aromatic N) is 2. The van der Waals surface area contributed by atoms with Gasteiger partial charge in [0.15, 0.2) is 11.5 Å². The third kappa shape index (κ3) is 2.49. The van der Waals surface area contributed by atoms with Crippen LogP contribution in [-0.2, 0) is 6.54 Å². The molecule has 0 saturated heterocycles. The highest BCUT2D eigenvalue weighted by Gasteiger charge is 2.14. The van der Waals surface area contributed by atoms with Crippen molar-refractivity contribution >= 4 is 5.95 Å². The molecule has 0 amide bonds. The predicted molar refractivity (Wildman–Crippen MR) is 76.6 cm³/mol. The standard InChI is InChI=1S/C14H19N3O3/c1-9-7-16-14(15)17(9)8-10-5-11(18-2)13(20-4)12(6-10)19-3/h5-7H,8H2,1-4H3,(H2,15,16). The van der Waals surface area contributed by atoms with Gasteiger partial charge in [-0.15, -0.1) is 0 Å². The molecule has 2 aromatic rings. The summed E-state index contributed by atoms with van der Waals surface area (Å²) in [4.78, 5) is 4.08. The SMILES string of the molecule is COc1cc(Cn2c(C)cnc2N)cc(OC)c1OC. The zero-order valence-corrected chi connectivity index (χ0v) is 12.1. The van der Waals surface area contributed by atoms with Crippen LogP contribution in [0.5, 0.6) is 17.2 Å². The van der Waals surface area contributed by atoms with Crippen LogP contribution >= 0.6 is 0 Å². The summed E-state index contributed by atoms with van der Waals surface area (Å²) in [6, 6.07) is 3.81. The second kappa shape index (κ2) is 5.73. The Hall–Kier alpha value is -2.37. The number of hydrogen-bond acceptors (Lipinski definition) is 5. The van der Waals surface area contributed by atoms with Gasteiger partial charge in [0, 0.05) is 5.69 Å². The number of imidazole rings is 1. The van der Waals surface area contributed by atoms with Gasteiger partial charge >= 0.3 is 0 Å². The van der Waals surface area contributed by atoms with E-state index in [2.05, 4.69) is 4.98 Å². The smallest absolute Gasteiger partial charge is 0.203 e. The summed E-state index contributed by atoms with van der Waals surface area (Å²) in [5.74, 6) is 2.31. The Morgan fingerprint density at radius 2 is 1.70 bits per heavy atom. The Morgan fingerprint density at radius 3 is 2.10 bits per heavy atom. The van der Waals surface area contributed by atoms with Gasteiger partial charge in [0.05, 0.1) is 34.1 Å². The lowest BCUT2D eigenvalue weighted by Gasteiger charge is -2.15. The second-order valence-electron chi connectivity index (χ2n) is 4.38. The number of nitrogen functional groups attached to an aromatic ring is 1. The molecule has 0 spiro atoms. The van der Waals surface area contributed by atoms with E-state index in [-0.39, 0.29) is 0 Å². The number of benzene rings is 1. The fourth-order valence-electron chi connectivity index (χ4n) is 2.09. The number of methoxy groups -OCH3 is 3. The minimum absolute atomic E-state index is 0.483. The van der Waals surface area contributed by atoms with Gasteiger partial charge in [-0.3, -0.25) is 0 Å². The molecule has 0 atom stereocenters. The van der Waals surface area contributed by atoms with Gasteiger partial charge in [-0.2, -0.15) is 0 Å². The lowest BCUT2D eigenvalue weighted by molar-refractivity contribution is 0.323. The summed E-state index contributed by atoms with van der Waals surface area (Å²) >= 11 is 0. The molecular weight excluding hydrogens is 258 g/mol. The van der Waals surface area contributed by atoms with Gasteiger partial charge in [0.1, 0.15) is 0 Å². The molecule has 2 rings (SSSR count). The highest BCUT2D eigenvalue weighted by molar-refractivity contribution is 5.54. The molecule has 0 saturated carbocycles. The van der Waals surface area contributed by atoms with Crippen molar-refractivity contribution in [2.45, 2.75) is 13.5 Å². The van der Waals surface area contributed by atoms with Crippen molar-refractivity contribution in [2.24, 2.45) is 0 Å². The molecule has 1 aromatic carbocycles. The molecule has 0 aliphatic heterocycles. The molecule has 1 aromatic heterocycles. The summed E-state index contributed by atoms with van der Waals surface area (Å²) in [5.41, 5.74) is 7.84. The molecule has 108 valence electrons. The molecule has 6 nitrogen and oxygen atoms in total. The van der Waals surface area contributed by atoms with E-state index in [4.69, 9.17) is 19.9 Å². The molecule has 6 heteroatoms. The zero-order chi connectivity index (χ0) is 14.7. The van der Waals surface area contributed by atoms with Crippen LogP contribution in [-0.4, -0.2) is 30.9 Å². The summed E-state index contributed by atoms with van der Waals surface area (Å²) < 4.78 is 17.9. The van der Waals surface area contributed by atoms with E-state index in [1.54, 1.807) is 27.5 Å². The van der Waals surface area contributed by atoms with Crippen LogP contribution in [0.25, 0.3) is 0 Å². The van der Waals surface area contributed by atoms with E-state index in [1.165, 1.54) is 0 Å². The number of ether oxygens (including phenoxy) is 3. The van der Waals surface area contributed by atoms with E-state index >= 15 is 0 Å². The van der Waals surface area contributed by atoms with Crippen molar-refractivity contribution in [1.29, 1.82) is 0 Å². The maximum Gasteiger partial charge on any atom is 0.203 e. The quantitative estimate of drug-likeness (QED) is 0.903. The van der Waals surface area contributed by atoms with Crippen molar-refractivity contribution in [3.8, 4) is 17.2 Å². The fraction of sp³-hybridized carbons (Fsp3) is 0.357. The van der Waals surface area contributed by atoms with Crippen LogP contribution in [0.4, 0.5) is 5.95 Å². The molecule has 0 unspecified atom stereocenters. The van der Waals surface area contributed by atoms with Crippen molar-refractivity contribution in [3.63, 3.8) is 0 Å². The number of rotatable bonds is 5. The van der Waals surface area contributed by atoms with Crippen LogP contribution < -0.4 is 19.9 Å². The molecule has 0 bridgehead atoms. The summed E-state index contributed by atoms with van der Waals surface area (Å²) in [5, 5.41) is 0. The first kappa shape index (κ1) is 14.0. The number of nitrogens with two attached hydrogens (primary N) is 1. The number of aryl methyl sites for hydroxylation is 1. The third-order valence-electron chi connectivity index (χ3n) is 3.15. The first-order valence-corrected chi connectivity index (χ1v) is 6.17. The average molecular weight is 277 g/mol. The Kier molecular flexibility index (Phi) is 4.02. The maximum absolute atomic E-state index is 5.85. The van der Waals surface area contributed by atoms with Gasteiger partial charge in [0.25, 0.3) is 0 Å². The molecular formula is C14H19N3O3. The minimum Gasteiger partial charge on any atom is -0.493 e. The summed E-state index contributed by atoms with van der Waals surface area (Å²) in [6.07, 6.45) is 1.74. The topological polar surface area (TPSA) is 71.5 Å². The van der Waals surface area contributed by atoms with Crippen molar-refractivity contribution in [2.75, 3.05) is 27.1 Å². The Bertz CT molecular complexity index is 563. The first-order valence-electron chi connectivity index (χ1n) is 6.17. The van der Waals surface area contributed by atoms with Crippen molar-refractivity contribution < 1.29 is 14.2 Å². The normalized spacial score (nSPS) is 10.4. The number of anilines is 1. The molecule has 0 radical (unpaired) electrons. The van der Waals surface area contributed by atoms with Crippen molar-refractivity contribution in [1.82, 2.24) is 9.55 Å². The number of aromatic nitrogens is 2. The predicted octanol–water partition coefficient (Wildman–Crippen LogP) is 1.85. The van der Waals surface area contributed by atoms with Crippen LogP contribution in [0, 0.1) is 6.92 Å². The summed E-state index contributed by atoms with van der Waals surface area (Å²) in [7, 11) is 4.77. The largest absolute Gasteiger partial charge is 0.493 e. The Balaban J connectivity index is 2.42. The van der Waals surface area contributed by atoms with E-state index in [0.29, 0.717) is 29.7 Å². The van der Waals surface area contributed by atoms with Gasteiger partial charge < -0.3 is 24.5 Å². The van der Waals surface area contributed by atoms with Gasteiger partial charge in [-0.1, -0.05) is 0 Å². The van der Waals surface area contributed by atoms with Gasteiger partial charge in [0.2, 0.25) is 11.7 Å². The van der Waals surface area contributed by atoms with E-state index in [9.17, 15) is 0 Å². The van der Waals surface area contributed by atoms with Crippen LogP contribution in [0.1, 0.15) is 11.3 Å². The van der Waals surface area contributed by atoms with Gasteiger partial charge in [-0.05, 0) is 24.6 Å². The lowest BCUT2D eigenvalue weighted by atomic mass is 10.1. The molecule has 1 heterocycles. The van der Waals surface area contributed by atoms with Crippen LogP contribution in [0.2, 0.25) is 0 Å². The van der Waals surface area contributed by atoms with E-state index in [0.717, 1.165) is 11.3 Å². The lowest BCUT2D eigenvalue weighted by Crippen LogP contribution is -2.07. The first-order chi connectivity index (χ1) is 9.60. The highest BCUT2D eigenvalue weighted by Crippen LogP contribution is 2.38. The van der Waals surface area contributed by atoms with Gasteiger partial charge in [-0.25, -0.2) is 4.98 Å². The minimum atomic E-state index is 0.483. The zero-order valence-electron chi connectivity index (χ0n) is 12.1. The second-order valence-corrected chi connectivity index (χ2v) is 4.38. The van der Waals surface area contributed by atoms with E-state index < -0.39 is 0 Å². The summed E-state index contributed by atoms with van der Waals surface area (Å²) in [6.45, 7) is 2.55. The Morgan fingerprint density at radius 1 is 1.10 bits per heavy atom. The monoisotopic (exact) mass is 277 g/mol. The molecule has 2 N–H and O–H groups in total. The molecule has 0 aliphatic carbocycles. The molecule has 0 fully saturated rings. The maximum atomic E-state index is 5.85. The number of hydrogen-bond donors (Lipinski definition) is 1. The van der Waals surface area contributed by atoms with Crippen molar-refractivity contribution in [3.05, 3.63) is 29.6 Å². The van der Waals surface area contributed by atoms with E-state index in [1.807, 2.05) is 23.6 Å². The fourth-order valence-corrected chi connectivity index (χ4v) is 2.09. The third-order valence-corrected chi connectivity index (χ3v) is 3.15. The van der Waals surface area contributed by atoms with Crippen LogP contribution in [0.3, 0.4) is 0 Å². The highest BCUT2D eigenvalue weighted by atomic mass is 16.5. The van der Waals surface area contributed by atoms with Crippen LogP contribution in [0.15, 0.2) is 18.3 Å². The Labute approximate surface area is 118 Å². The average Bonchev–Trinajstić information content (AvgIpc) is 2.77.